The maximum atomic E-state index is 13.2. The maximum Gasteiger partial charge on any atom is 0.438 e. The molecule has 0 aliphatic rings. The molecule has 0 amide bonds. The number of ether oxygens (including phenoxy) is 1. The Balaban J connectivity index is 1.88. The molecule has 1 aromatic heterocycles. The van der Waals surface area contributed by atoms with Gasteiger partial charge in [-0.1, -0.05) is 29.8 Å². The van der Waals surface area contributed by atoms with Crippen LogP contribution in [0, 0.1) is 13.8 Å². The Hall–Kier alpha value is -2.87. The highest BCUT2D eigenvalue weighted by Gasteiger charge is 2.37. The van der Waals surface area contributed by atoms with E-state index >= 15 is 0 Å². The summed E-state index contributed by atoms with van der Waals surface area (Å²) < 4.78 is 46.0. The van der Waals surface area contributed by atoms with E-state index in [1.54, 1.807) is 12.1 Å². The van der Waals surface area contributed by atoms with Crippen LogP contribution in [0.25, 0.3) is 11.0 Å². The average molecular weight is 392 g/mol. The van der Waals surface area contributed by atoms with Gasteiger partial charge < -0.3 is 14.4 Å². The number of aromatic nitrogens is 2. The van der Waals surface area contributed by atoms with Crippen LogP contribution in [0.4, 0.5) is 13.2 Å². The summed E-state index contributed by atoms with van der Waals surface area (Å²) in [5.74, 6) is 0.563. The minimum absolute atomic E-state index is 0.0249. The van der Waals surface area contributed by atoms with E-state index in [1.165, 1.54) is 18.2 Å². The second-order valence-corrected chi connectivity index (χ2v) is 6.60. The fourth-order valence-electron chi connectivity index (χ4n) is 2.97. The van der Waals surface area contributed by atoms with Gasteiger partial charge in [0.1, 0.15) is 18.5 Å². The van der Waals surface area contributed by atoms with Crippen LogP contribution in [0.15, 0.2) is 47.3 Å². The molecule has 0 fully saturated rings. The third-order valence-electron chi connectivity index (χ3n) is 4.28. The van der Waals surface area contributed by atoms with Crippen molar-refractivity contribution in [2.75, 3.05) is 6.61 Å². The number of aliphatic hydroxyl groups excluding tert-OH is 1. The van der Waals surface area contributed by atoms with Crippen molar-refractivity contribution in [2.45, 2.75) is 32.7 Å². The normalized spacial score (nSPS) is 12.9. The number of aliphatic hydroxyl groups is 1. The molecule has 0 saturated heterocycles. The standard InChI is InChI=1S/C20H19F3N2O3/c1-12-7-8-17(13(2)9-12)28-11-14(26)10-25-16-6-4-3-5-15(16)24-18(19(25)27)20(21,22)23/h3-9,14,26H,10-11H2,1-2H3/t14-/m1/s1. The van der Waals surface area contributed by atoms with Crippen molar-refractivity contribution in [3.8, 4) is 5.75 Å². The van der Waals surface area contributed by atoms with Gasteiger partial charge in [-0.3, -0.25) is 4.79 Å². The summed E-state index contributed by atoms with van der Waals surface area (Å²) in [4.78, 5) is 15.8. The van der Waals surface area contributed by atoms with Crippen LogP contribution in [-0.4, -0.2) is 27.4 Å². The van der Waals surface area contributed by atoms with Gasteiger partial charge in [0.05, 0.1) is 17.6 Å². The van der Waals surface area contributed by atoms with Gasteiger partial charge in [-0.15, -0.1) is 0 Å². The third kappa shape index (κ3) is 4.17. The number of hydrogen-bond acceptors (Lipinski definition) is 4. The molecule has 148 valence electrons. The SMILES string of the molecule is Cc1ccc(OC[C@H](O)Cn2c(=O)c(C(F)(F)F)nc3ccccc32)c(C)c1. The average Bonchev–Trinajstić information content (AvgIpc) is 2.62. The van der Waals surface area contributed by atoms with Crippen LogP contribution in [0.3, 0.4) is 0 Å². The molecule has 28 heavy (non-hydrogen) atoms. The second kappa shape index (κ2) is 7.63. The molecule has 0 aliphatic carbocycles. The Kier molecular flexibility index (Phi) is 5.42. The maximum absolute atomic E-state index is 13.2. The minimum atomic E-state index is -4.89. The van der Waals surface area contributed by atoms with Gasteiger partial charge in [0.25, 0.3) is 5.56 Å². The minimum Gasteiger partial charge on any atom is -0.491 e. The van der Waals surface area contributed by atoms with Crippen molar-refractivity contribution in [3.63, 3.8) is 0 Å². The lowest BCUT2D eigenvalue weighted by Gasteiger charge is -2.18. The first-order chi connectivity index (χ1) is 13.2. The van der Waals surface area contributed by atoms with E-state index in [0.29, 0.717) is 5.75 Å². The number of para-hydroxylation sites is 2. The van der Waals surface area contributed by atoms with Gasteiger partial charge in [-0.05, 0) is 37.6 Å². The molecule has 1 heterocycles. The van der Waals surface area contributed by atoms with E-state index in [9.17, 15) is 23.1 Å². The molecule has 3 aromatic rings. The first-order valence-corrected chi connectivity index (χ1v) is 8.61. The molecule has 0 aliphatic heterocycles. The number of benzene rings is 2. The summed E-state index contributed by atoms with van der Waals surface area (Å²) in [6, 6.07) is 11.5. The molecule has 2 aromatic carbocycles. The van der Waals surface area contributed by atoms with E-state index in [-0.39, 0.29) is 24.2 Å². The lowest BCUT2D eigenvalue weighted by atomic mass is 10.1. The molecule has 1 N–H and O–H groups in total. The number of fused-ring (bicyclic) bond motifs is 1. The number of aryl methyl sites for hydroxylation is 2. The Bertz CT molecular complexity index is 1060. The molecule has 0 spiro atoms. The molecular formula is C20H19F3N2O3. The smallest absolute Gasteiger partial charge is 0.438 e. The molecular weight excluding hydrogens is 373 g/mol. The third-order valence-corrected chi connectivity index (χ3v) is 4.28. The molecule has 0 bridgehead atoms. The summed E-state index contributed by atoms with van der Waals surface area (Å²) in [6.45, 7) is 3.26. The molecule has 1 atom stereocenters. The lowest BCUT2D eigenvalue weighted by molar-refractivity contribution is -0.142. The Morgan fingerprint density at radius 2 is 1.89 bits per heavy atom. The van der Waals surface area contributed by atoms with Crippen LogP contribution in [0.5, 0.6) is 5.75 Å². The zero-order valence-corrected chi connectivity index (χ0v) is 15.3. The van der Waals surface area contributed by atoms with E-state index in [0.717, 1.165) is 15.7 Å². The number of nitrogens with zero attached hydrogens (tertiary/aromatic N) is 2. The predicted molar refractivity (Wildman–Crippen MR) is 98.4 cm³/mol. The highest BCUT2D eigenvalue weighted by Crippen LogP contribution is 2.26. The molecule has 0 unspecified atom stereocenters. The Morgan fingerprint density at radius 1 is 1.18 bits per heavy atom. The summed E-state index contributed by atoms with van der Waals surface area (Å²) in [5, 5.41) is 10.3. The number of rotatable bonds is 5. The number of halogens is 3. The number of alkyl halides is 3. The summed E-state index contributed by atoms with van der Waals surface area (Å²) in [7, 11) is 0. The van der Waals surface area contributed by atoms with Crippen LogP contribution in [0.1, 0.15) is 16.8 Å². The summed E-state index contributed by atoms with van der Waals surface area (Å²) in [5.41, 5.74) is -0.633. The van der Waals surface area contributed by atoms with Crippen LogP contribution in [0.2, 0.25) is 0 Å². The summed E-state index contributed by atoms with van der Waals surface area (Å²) in [6.07, 6.45) is -6.08. The van der Waals surface area contributed by atoms with Gasteiger partial charge >= 0.3 is 6.18 Å². The van der Waals surface area contributed by atoms with Crippen molar-refractivity contribution in [2.24, 2.45) is 0 Å². The summed E-state index contributed by atoms with van der Waals surface area (Å²) >= 11 is 0. The van der Waals surface area contributed by atoms with Gasteiger partial charge in [0.15, 0.2) is 0 Å². The van der Waals surface area contributed by atoms with Gasteiger partial charge in [-0.2, -0.15) is 13.2 Å². The highest BCUT2D eigenvalue weighted by molar-refractivity contribution is 5.74. The fraction of sp³-hybridized carbons (Fsp3) is 0.300. The molecule has 5 nitrogen and oxygen atoms in total. The topological polar surface area (TPSA) is 64.3 Å². The lowest BCUT2D eigenvalue weighted by Crippen LogP contribution is -2.35. The van der Waals surface area contributed by atoms with E-state index in [2.05, 4.69) is 4.98 Å². The van der Waals surface area contributed by atoms with Crippen LogP contribution in [-0.2, 0) is 12.7 Å². The first-order valence-electron chi connectivity index (χ1n) is 8.61. The monoisotopic (exact) mass is 392 g/mol. The van der Waals surface area contributed by atoms with Crippen molar-refractivity contribution in [3.05, 3.63) is 69.6 Å². The van der Waals surface area contributed by atoms with E-state index in [1.807, 2.05) is 26.0 Å². The Labute approximate surface area is 159 Å². The number of hydrogen-bond donors (Lipinski definition) is 1. The van der Waals surface area contributed by atoms with Crippen LogP contribution < -0.4 is 10.3 Å². The Morgan fingerprint density at radius 3 is 2.57 bits per heavy atom. The van der Waals surface area contributed by atoms with Crippen LogP contribution >= 0.6 is 0 Å². The largest absolute Gasteiger partial charge is 0.491 e. The zero-order valence-electron chi connectivity index (χ0n) is 15.3. The van der Waals surface area contributed by atoms with Crippen molar-refractivity contribution in [1.29, 1.82) is 0 Å². The molecule has 8 heteroatoms. The van der Waals surface area contributed by atoms with Crippen molar-refractivity contribution in [1.82, 2.24) is 9.55 Å². The second-order valence-electron chi connectivity index (χ2n) is 6.60. The molecule has 3 rings (SSSR count). The first kappa shape index (κ1) is 19.9. The fourth-order valence-corrected chi connectivity index (χ4v) is 2.97. The van der Waals surface area contributed by atoms with Gasteiger partial charge in [0, 0.05) is 0 Å². The van der Waals surface area contributed by atoms with Crippen molar-refractivity contribution >= 4 is 11.0 Å². The predicted octanol–water partition coefficient (Wildman–Crippen LogP) is 3.47. The highest BCUT2D eigenvalue weighted by atomic mass is 19.4. The molecule has 0 saturated carbocycles. The van der Waals surface area contributed by atoms with Gasteiger partial charge in [0.2, 0.25) is 5.69 Å². The van der Waals surface area contributed by atoms with Crippen molar-refractivity contribution < 1.29 is 23.0 Å². The molecule has 0 radical (unpaired) electrons. The van der Waals surface area contributed by atoms with E-state index in [4.69, 9.17) is 4.74 Å². The van der Waals surface area contributed by atoms with E-state index < -0.39 is 23.5 Å². The quantitative estimate of drug-likeness (QED) is 0.722. The zero-order chi connectivity index (χ0) is 20.5. The van der Waals surface area contributed by atoms with Gasteiger partial charge in [-0.25, -0.2) is 4.98 Å².